The van der Waals surface area contributed by atoms with Gasteiger partial charge in [0, 0.05) is 31.2 Å². The Morgan fingerprint density at radius 1 is 1.30 bits per heavy atom. The lowest BCUT2D eigenvalue weighted by atomic mass is 9.80. The number of carbonyl (C=O) groups is 1. The smallest absolute Gasteiger partial charge is 0.272 e. The zero-order valence-electron chi connectivity index (χ0n) is 13.4. The molecule has 0 radical (unpaired) electrons. The average Bonchev–Trinajstić information content (AvgIpc) is 3.13. The molecule has 23 heavy (non-hydrogen) atoms. The predicted octanol–water partition coefficient (Wildman–Crippen LogP) is 1.16. The summed E-state index contributed by atoms with van der Waals surface area (Å²) in [5.74, 6) is 2.34. The first-order chi connectivity index (χ1) is 11.2. The van der Waals surface area contributed by atoms with Crippen molar-refractivity contribution in [3.63, 3.8) is 0 Å². The number of piperidine rings is 3. The first-order valence-corrected chi connectivity index (χ1v) is 8.49. The number of nitrogens with zero attached hydrogens (tertiary/aromatic N) is 3. The van der Waals surface area contributed by atoms with Gasteiger partial charge in [-0.3, -0.25) is 9.79 Å². The Kier molecular flexibility index (Phi) is 2.83. The van der Waals surface area contributed by atoms with Crippen LogP contribution in [0.4, 0.5) is 0 Å². The summed E-state index contributed by atoms with van der Waals surface area (Å²) in [6.45, 7) is 4.93. The van der Waals surface area contributed by atoms with Crippen LogP contribution in [0.3, 0.4) is 0 Å². The molecule has 1 unspecified atom stereocenters. The molecule has 4 saturated heterocycles. The van der Waals surface area contributed by atoms with Gasteiger partial charge in [0.25, 0.3) is 5.91 Å². The molecule has 0 aliphatic carbocycles. The van der Waals surface area contributed by atoms with Gasteiger partial charge < -0.3 is 14.5 Å². The van der Waals surface area contributed by atoms with Crippen molar-refractivity contribution in [1.82, 2.24) is 9.80 Å². The molecule has 1 amide bonds. The van der Waals surface area contributed by atoms with Crippen molar-refractivity contribution in [1.29, 1.82) is 0 Å². The number of methoxy groups -OCH3 is 1. The van der Waals surface area contributed by atoms with Crippen molar-refractivity contribution < 1.29 is 9.53 Å². The van der Waals surface area contributed by atoms with E-state index >= 15 is 0 Å². The molecule has 1 aromatic rings. The van der Waals surface area contributed by atoms with E-state index < -0.39 is 0 Å². The molecule has 120 valence electrons. The molecule has 4 fully saturated rings. The summed E-state index contributed by atoms with van der Waals surface area (Å²) < 4.78 is 5.27. The molecule has 1 aromatic carbocycles. The number of rotatable bonds is 2. The maximum absolute atomic E-state index is 13.1. The topological polar surface area (TPSA) is 45.1 Å². The van der Waals surface area contributed by atoms with Crippen LogP contribution in [0.15, 0.2) is 23.2 Å². The highest BCUT2D eigenvalue weighted by Gasteiger charge is 2.51. The van der Waals surface area contributed by atoms with Crippen LogP contribution in [0, 0.1) is 11.8 Å². The summed E-state index contributed by atoms with van der Waals surface area (Å²) >= 11 is 0. The lowest BCUT2D eigenvalue weighted by molar-refractivity contribution is -0.125. The number of hydrogen-bond acceptors (Lipinski definition) is 4. The Hall–Kier alpha value is -1.88. The molecule has 0 aromatic heterocycles. The van der Waals surface area contributed by atoms with Crippen molar-refractivity contribution in [2.45, 2.75) is 19.0 Å². The first-order valence-electron chi connectivity index (χ1n) is 8.49. The van der Waals surface area contributed by atoms with Gasteiger partial charge in [0.05, 0.1) is 13.7 Å². The fraction of sp³-hybridized carbons (Fsp3) is 0.556. The molecule has 5 nitrogen and oxygen atoms in total. The van der Waals surface area contributed by atoms with Crippen LogP contribution in [-0.4, -0.2) is 60.7 Å². The lowest BCUT2D eigenvalue weighted by Crippen LogP contribution is -2.54. The summed E-state index contributed by atoms with van der Waals surface area (Å²) in [5, 5.41) is 0. The second-order valence-corrected chi connectivity index (χ2v) is 7.18. The molecule has 5 aliphatic rings. The molecule has 0 saturated carbocycles. The van der Waals surface area contributed by atoms with E-state index in [2.05, 4.69) is 14.8 Å². The number of fused-ring (bicyclic) bond motifs is 2. The molecular formula is C18H21N3O2. The highest BCUT2D eigenvalue weighted by atomic mass is 16.5. The summed E-state index contributed by atoms with van der Waals surface area (Å²) in [7, 11) is 1.67. The fourth-order valence-electron chi connectivity index (χ4n) is 4.97. The van der Waals surface area contributed by atoms with Crippen LogP contribution < -0.4 is 4.74 Å². The van der Waals surface area contributed by atoms with Gasteiger partial charge in [-0.1, -0.05) is 0 Å². The second kappa shape index (κ2) is 4.81. The van der Waals surface area contributed by atoms with Crippen molar-refractivity contribution in [3.05, 3.63) is 29.3 Å². The minimum atomic E-state index is 0.134. The third-order valence-corrected chi connectivity index (χ3v) is 6.09. The number of aliphatic imine (C=N–C) groups is 1. The zero-order chi connectivity index (χ0) is 15.6. The quantitative estimate of drug-likeness (QED) is 0.823. The molecule has 4 bridgehead atoms. The third-order valence-electron chi connectivity index (χ3n) is 6.09. The standard InChI is InChI=1S/C18H21N3O2/c1-23-13-2-3-15-11(6-13)7-19-17(15)18(22)21-9-12-8-20-5-4-14(12)16(21)10-20/h2-3,6,12,14,16H,4-5,7-10H2,1H3/t12-,14-,16-/m1/s1. The van der Waals surface area contributed by atoms with Crippen molar-refractivity contribution in [2.24, 2.45) is 16.8 Å². The number of amides is 1. The minimum Gasteiger partial charge on any atom is -0.497 e. The van der Waals surface area contributed by atoms with Crippen LogP contribution in [-0.2, 0) is 11.3 Å². The van der Waals surface area contributed by atoms with Gasteiger partial charge in [-0.15, -0.1) is 0 Å². The van der Waals surface area contributed by atoms with Crippen LogP contribution in [0.25, 0.3) is 0 Å². The molecule has 4 atom stereocenters. The molecule has 6 rings (SSSR count). The highest BCUT2D eigenvalue weighted by molar-refractivity contribution is 6.46. The third kappa shape index (κ3) is 1.89. The van der Waals surface area contributed by atoms with Gasteiger partial charge in [-0.25, -0.2) is 0 Å². The van der Waals surface area contributed by atoms with Crippen LogP contribution in [0.1, 0.15) is 17.5 Å². The summed E-state index contributed by atoms with van der Waals surface area (Å²) in [5.41, 5.74) is 2.74. The zero-order valence-corrected chi connectivity index (χ0v) is 13.4. The largest absolute Gasteiger partial charge is 0.497 e. The van der Waals surface area contributed by atoms with Crippen LogP contribution in [0.2, 0.25) is 0 Å². The van der Waals surface area contributed by atoms with E-state index in [0.717, 1.165) is 30.0 Å². The maximum atomic E-state index is 13.1. The number of benzene rings is 1. The maximum Gasteiger partial charge on any atom is 0.272 e. The van der Waals surface area contributed by atoms with Crippen molar-refractivity contribution >= 4 is 11.6 Å². The highest BCUT2D eigenvalue weighted by Crippen LogP contribution is 2.42. The molecular weight excluding hydrogens is 290 g/mol. The fourth-order valence-corrected chi connectivity index (χ4v) is 4.97. The number of hydrogen-bond donors (Lipinski definition) is 0. The van der Waals surface area contributed by atoms with Gasteiger partial charge in [-0.05, 0) is 48.6 Å². The predicted molar refractivity (Wildman–Crippen MR) is 86.8 cm³/mol. The van der Waals surface area contributed by atoms with E-state index in [1.165, 1.54) is 19.5 Å². The van der Waals surface area contributed by atoms with Gasteiger partial charge in [0.15, 0.2) is 0 Å². The summed E-state index contributed by atoms with van der Waals surface area (Å²) in [6, 6.07) is 6.30. The van der Waals surface area contributed by atoms with Gasteiger partial charge >= 0.3 is 0 Å². The van der Waals surface area contributed by atoms with Crippen LogP contribution in [0.5, 0.6) is 5.75 Å². The Bertz CT molecular complexity index is 714. The van der Waals surface area contributed by atoms with E-state index in [1.807, 2.05) is 18.2 Å². The Labute approximate surface area is 135 Å². The monoisotopic (exact) mass is 311 g/mol. The summed E-state index contributed by atoms with van der Waals surface area (Å²) in [6.07, 6.45) is 1.25. The van der Waals surface area contributed by atoms with Gasteiger partial charge in [-0.2, -0.15) is 0 Å². The number of ether oxygens (including phenoxy) is 1. The van der Waals surface area contributed by atoms with E-state index in [4.69, 9.17) is 4.74 Å². The van der Waals surface area contributed by atoms with Gasteiger partial charge in [0.2, 0.25) is 0 Å². The minimum absolute atomic E-state index is 0.134. The number of carbonyl (C=O) groups excluding carboxylic acids is 1. The lowest BCUT2D eigenvalue weighted by Gasteiger charge is -2.44. The van der Waals surface area contributed by atoms with Crippen molar-refractivity contribution in [3.8, 4) is 5.75 Å². The molecule has 5 heteroatoms. The average molecular weight is 311 g/mol. The second-order valence-electron chi connectivity index (χ2n) is 7.18. The number of likely N-dealkylation sites (tertiary alicyclic amines) is 1. The normalized spacial score (nSPS) is 33.6. The Morgan fingerprint density at radius 2 is 2.22 bits per heavy atom. The van der Waals surface area contributed by atoms with Gasteiger partial charge in [0.1, 0.15) is 11.5 Å². The van der Waals surface area contributed by atoms with Crippen molar-refractivity contribution in [2.75, 3.05) is 33.3 Å². The summed E-state index contributed by atoms with van der Waals surface area (Å²) in [4.78, 5) is 22.3. The van der Waals surface area contributed by atoms with E-state index in [1.54, 1.807) is 7.11 Å². The van der Waals surface area contributed by atoms with Crippen LogP contribution >= 0.6 is 0 Å². The molecule has 5 heterocycles. The molecule has 5 aliphatic heterocycles. The molecule has 0 spiro atoms. The molecule has 0 N–H and O–H groups in total. The Balaban J connectivity index is 1.43. The van der Waals surface area contributed by atoms with E-state index in [-0.39, 0.29) is 5.91 Å². The SMILES string of the molecule is COc1ccc2c(c1)CN=C2C(=O)N1C[C@H]2CN3CC[C@H]2[C@H]1C3. The Morgan fingerprint density at radius 3 is 3.00 bits per heavy atom. The van der Waals surface area contributed by atoms with E-state index in [0.29, 0.717) is 30.1 Å². The van der Waals surface area contributed by atoms with E-state index in [9.17, 15) is 4.79 Å². The first kappa shape index (κ1) is 13.5.